The Hall–Kier alpha value is -6.76. The summed E-state index contributed by atoms with van der Waals surface area (Å²) < 4.78 is 22.0. The fourth-order valence-electron chi connectivity index (χ4n) is 9.41. The Labute approximate surface area is 413 Å². The number of amides is 4. The van der Waals surface area contributed by atoms with Crippen LogP contribution in [0, 0.1) is 0 Å². The Morgan fingerprint density at radius 2 is 1.64 bits per heavy atom. The zero-order valence-electron chi connectivity index (χ0n) is 39.5. The van der Waals surface area contributed by atoms with Gasteiger partial charge in [0.05, 0.1) is 51.1 Å². The van der Waals surface area contributed by atoms with Gasteiger partial charge in [-0.1, -0.05) is 25.3 Å². The molecule has 1 unspecified atom stereocenters. The van der Waals surface area contributed by atoms with Crippen molar-refractivity contribution in [3.63, 3.8) is 0 Å². The number of rotatable bonds is 18. The largest absolute Gasteiger partial charge is 0.494 e. The predicted octanol–water partition coefficient (Wildman–Crippen LogP) is 6.91. The van der Waals surface area contributed by atoms with Gasteiger partial charge in [-0.3, -0.25) is 48.9 Å². The van der Waals surface area contributed by atoms with Crippen LogP contribution < -0.4 is 36.2 Å². The number of piperidine rings is 1. The molecule has 0 spiro atoms. The molecule has 21 heteroatoms. The molecule has 0 radical (unpaired) electrons. The number of methoxy groups -OCH3 is 1. The molecule has 0 bridgehead atoms. The van der Waals surface area contributed by atoms with E-state index < -0.39 is 36.8 Å². The van der Waals surface area contributed by atoms with Crippen LogP contribution in [0.2, 0.25) is 0 Å². The summed E-state index contributed by atoms with van der Waals surface area (Å²) in [4.78, 5) is 75.0. The molecular formula is C49H55BrN13O6P. The van der Waals surface area contributed by atoms with Crippen molar-refractivity contribution < 1.29 is 28.5 Å². The highest BCUT2D eigenvalue weighted by Crippen LogP contribution is 2.43. The van der Waals surface area contributed by atoms with Gasteiger partial charge in [0.15, 0.2) is 0 Å². The molecule has 0 saturated carbocycles. The van der Waals surface area contributed by atoms with Crippen molar-refractivity contribution in [2.75, 3.05) is 80.6 Å². The monoisotopic (exact) mass is 1030 g/mol. The fourth-order valence-corrected chi connectivity index (χ4v) is 11.1. The molecule has 3 aliphatic rings. The second-order valence-corrected chi connectivity index (χ2v) is 22.1. The van der Waals surface area contributed by atoms with Gasteiger partial charge in [-0.15, -0.1) is 0 Å². The smallest absolute Gasteiger partial charge is 0.264 e. The van der Waals surface area contributed by atoms with Crippen molar-refractivity contribution in [3.8, 4) is 16.9 Å². The first-order valence-electron chi connectivity index (χ1n) is 23.4. The summed E-state index contributed by atoms with van der Waals surface area (Å²) in [7, 11) is 0.741. The molecule has 364 valence electrons. The van der Waals surface area contributed by atoms with Crippen molar-refractivity contribution in [2.45, 2.75) is 51.0 Å². The number of ether oxygens (including phenoxy) is 1. The maximum Gasteiger partial charge on any atom is 0.264 e. The van der Waals surface area contributed by atoms with Gasteiger partial charge in [0.25, 0.3) is 11.8 Å². The van der Waals surface area contributed by atoms with Crippen molar-refractivity contribution in [1.29, 1.82) is 0 Å². The predicted molar refractivity (Wildman–Crippen MR) is 273 cm³/mol. The van der Waals surface area contributed by atoms with Gasteiger partial charge in [0.2, 0.25) is 17.8 Å². The number of piperazine rings is 1. The molecule has 3 aromatic carbocycles. The van der Waals surface area contributed by atoms with Gasteiger partial charge in [-0.2, -0.15) is 10.1 Å². The second kappa shape index (κ2) is 20.7. The van der Waals surface area contributed by atoms with E-state index in [0.717, 1.165) is 86.5 Å². The number of carbonyl (C=O) groups excluding carboxylic acids is 4. The lowest BCUT2D eigenvalue weighted by atomic mass is 10.0. The third kappa shape index (κ3) is 10.3. The third-order valence-corrected chi connectivity index (χ3v) is 15.0. The average Bonchev–Trinajstić information content (AvgIpc) is 3.89. The normalized spacial score (nSPS) is 16.4. The number of nitrogens with zero attached hydrogens (tertiary/aromatic N) is 9. The summed E-state index contributed by atoms with van der Waals surface area (Å²) in [6.07, 6.45) is 14.1. The van der Waals surface area contributed by atoms with Gasteiger partial charge in [0, 0.05) is 99.5 Å². The van der Waals surface area contributed by atoms with E-state index in [1.165, 1.54) is 0 Å². The minimum atomic E-state index is -2.81. The van der Waals surface area contributed by atoms with Crippen LogP contribution >= 0.6 is 23.1 Å². The van der Waals surface area contributed by atoms with Crippen LogP contribution in [0.5, 0.6) is 5.75 Å². The number of anilines is 6. The summed E-state index contributed by atoms with van der Waals surface area (Å²) in [5, 5.41) is 17.5. The lowest BCUT2D eigenvalue weighted by Gasteiger charge is -2.37. The van der Waals surface area contributed by atoms with Crippen LogP contribution in [-0.4, -0.2) is 129 Å². The summed E-state index contributed by atoms with van der Waals surface area (Å²) >= 11 is 3.60. The first-order valence-corrected chi connectivity index (χ1v) is 26.8. The third-order valence-electron chi connectivity index (χ3n) is 12.9. The van der Waals surface area contributed by atoms with Gasteiger partial charge < -0.3 is 30.2 Å². The Bertz CT molecular complexity index is 3040. The summed E-state index contributed by atoms with van der Waals surface area (Å²) in [5.41, 5.74) is 6.66. The number of aryl methyl sites for hydroxylation is 1. The minimum Gasteiger partial charge on any atom is -0.494 e. The topological polar surface area (TPSA) is 222 Å². The van der Waals surface area contributed by atoms with Gasteiger partial charge in [0.1, 0.15) is 30.3 Å². The average molecular weight is 1030 g/mol. The molecule has 2 saturated heterocycles. The van der Waals surface area contributed by atoms with Crippen LogP contribution in [0.15, 0.2) is 77.9 Å². The van der Waals surface area contributed by atoms with Crippen LogP contribution in [0.3, 0.4) is 0 Å². The molecule has 1 atom stereocenters. The van der Waals surface area contributed by atoms with Gasteiger partial charge in [-0.05, 0) is 85.4 Å². The fraction of sp³-hybridized carbons (Fsp3) is 0.367. The number of aromatic nitrogens is 6. The highest BCUT2D eigenvalue weighted by atomic mass is 79.9. The molecule has 4 N–H and O–H groups in total. The van der Waals surface area contributed by atoms with E-state index in [4.69, 9.17) is 9.72 Å². The zero-order valence-corrected chi connectivity index (χ0v) is 42.0. The number of halogens is 1. The molecule has 2 fully saturated rings. The minimum absolute atomic E-state index is 0.0804. The molecule has 6 aromatic rings. The number of carbonyl (C=O) groups is 4. The number of imide groups is 2. The first kappa shape index (κ1) is 48.3. The van der Waals surface area contributed by atoms with Crippen LogP contribution in [0.25, 0.3) is 22.2 Å². The maximum absolute atomic E-state index is 13.6. The van der Waals surface area contributed by atoms with Crippen molar-refractivity contribution in [3.05, 3.63) is 89.0 Å². The maximum atomic E-state index is 13.6. The molecule has 9 rings (SSSR count). The molecule has 6 heterocycles. The van der Waals surface area contributed by atoms with Crippen molar-refractivity contribution in [1.82, 2.24) is 44.8 Å². The number of fused-ring (bicyclic) bond motifs is 2. The SMILES string of the molecule is COc1cc(N2CCN(CCCCCCCNc3cccc4c3C(=O)N(C3CCC(=O)NC3=O)C4=O)CC2)c(-c2cnn(C)c2)cc1Nc1ncc(Br)c(Nc2ccc3nccnc3c2P(C)(C)=O)n1. The summed E-state index contributed by atoms with van der Waals surface area (Å²) in [5.74, 6) is -0.609. The number of nitrogens with one attached hydrogen (secondary N) is 4. The molecule has 19 nitrogen and oxygen atoms in total. The number of benzene rings is 3. The molecule has 3 aromatic heterocycles. The highest BCUT2D eigenvalue weighted by molar-refractivity contribution is 9.10. The summed E-state index contributed by atoms with van der Waals surface area (Å²) in [6.45, 7) is 8.61. The second-order valence-electron chi connectivity index (χ2n) is 18.0. The van der Waals surface area contributed by atoms with Crippen molar-refractivity contribution in [2.24, 2.45) is 7.05 Å². The standard InChI is InChI=1S/C49H55BrN13O6P/c1-60-29-30(27-55-60)32-25-37(57-49-54-28-33(50)45(59-49)56-36-14-13-35-43(53-19-18-52-35)44(36)70(3,4)68)40(69-2)26-39(32)62-23-21-61(22-24-62)20-9-7-5-6-8-17-51-34-12-10-11-31-42(34)48(67)63(47(31)66)38-15-16-41(64)58-46(38)65/h10-14,18-19,25-29,38,51H,5-9,15-17,20-24H2,1-4H3,(H,58,64,65)(H2,54,56,57,59). The van der Waals surface area contributed by atoms with E-state index in [9.17, 15) is 23.7 Å². The Morgan fingerprint density at radius 1 is 0.857 bits per heavy atom. The Balaban J connectivity index is 0.785. The quantitative estimate of drug-likeness (QED) is 0.0390. The first-order chi connectivity index (χ1) is 33.8. The van der Waals surface area contributed by atoms with E-state index >= 15 is 0 Å². The molecule has 70 heavy (non-hydrogen) atoms. The number of unbranched alkanes of at least 4 members (excludes halogenated alkanes) is 4. The van der Waals surface area contributed by atoms with Crippen LogP contribution in [-0.2, 0) is 21.2 Å². The molecule has 4 amide bonds. The van der Waals surface area contributed by atoms with Gasteiger partial charge >= 0.3 is 0 Å². The number of hydrogen-bond donors (Lipinski definition) is 4. The Morgan fingerprint density at radius 3 is 2.40 bits per heavy atom. The lowest BCUT2D eigenvalue weighted by Crippen LogP contribution is -2.54. The van der Waals surface area contributed by atoms with E-state index in [0.29, 0.717) is 61.9 Å². The van der Waals surface area contributed by atoms with Crippen molar-refractivity contribution >= 4 is 97.6 Å². The van der Waals surface area contributed by atoms with E-state index in [2.05, 4.69) is 79.2 Å². The highest BCUT2D eigenvalue weighted by Gasteiger charge is 2.45. The van der Waals surface area contributed by atoms with E-state index in [1.807, 2.05) is 31.6 Å². The molecule has 0 aliphatic carbocycles. The number of hydrogen-bond acceptors (Lipinski definition) is 16. The lowest BCUT2D eigenvalue weighted by molar-refractivity contribution is -0.136. The van der Waals surface area contributed by atoms with Crippen LogP contribution in [0.4, 0.5) is 34.5 Å². The van der Waals surface area contributed by atoms with E-state index in [1.54, 1.807) is 61.9 Å². The molecule has 3 aliphatic heterocycles. The van der Waals surface area contributed by atoms with Crippen LogP contribution in [0.1, 0.15) is 65.7 Å². The van der Waals surface area contributed by atoms with E-state index in [-0.39, 0.29) is 24.0 Å². The zero-order chi connectivity index (χ0) is 49.1. The molecular weight excluding hydrogens is 978 g/mol. The summed E-state index contributed by atoms with van der Waals surface area (Å²) in [6, 6.07) is 11.9. The Kier molecular flexibility index (Phi) is 14.3. The van der Waals surface area contributed by atoms with Gasteiger partial charge in [-0.25, -0.2) is 4.98 Å².